The molecule has 0 aliphatic carbocycles. The van der Waals surface area contributed by atoms with E-state index in [1.165, 1.54) is 92.7 Å². The second-order valence-electron chi connectivity index (χ2n) is 13.5. The van der Waals surface area contributed by atoms with Gasteiger partial charge in [0.2, 0.25) is 11.8 Å². The monoisotopic (exact) mass is 1160 g/mol. The Morgan fingerprint density at radius 3 is 1.55 bits per heavy atom. The van der Waals surface area contributed by atoms with Gasteiger partial charge in [0, 0.05) is 10.5 Å². The molecule has 0 spiro atoms. The van der Waals surface area contributed by atoms with Gasteiger partial charge in [0.25, 0.3) is 0 Å². The molecule has 0 saturated heterocycles. The second-order valence-corrected chi connectivity index (χ2v) is 20.9. The minimum Gasteiger partial charge on any atom is -0.750 e. The van der Waals surface area contributed by atoms with Crippen LogP contribution in [0.1, 0.15) is 11.4 Å². The smallest absolute Gasteiger partial charge is 0.750 e. The number of hydrogen-bond acceptors (Lipinski definition) is 27. The largest absolute Gasteiger partial charge is 1.00 e. The summed E-state index contributed by atoms with van der Waals surface area (Å²) in [6.45, 7) is 2.03. The fraction of sp³-hybridized carbons (Fsp3) is 0.167. The minimum atomic E-state index is -5.27. The maximum Gasteiger partial charge on any atom is 1.00 e. The summed E-state index contributed by atoms with van der Waals surface area (Å²) in [5.74, 6) is -2.12. The fourth-order valence-corrected chi connectivity index (χ4v) is 10.1. The third-order valence-electron chi connectivity index (χ3n) is 9.13. The Kier molecular flexibility index (Phi) is 28.2. The van der Waals surface area contributed by atoms with Crippen molar-refractivity contribution in [2.24, 2.45) is 20.5 Å². The number of aromatic hydroxyl groups is 2. The van der Waals surface area contributed by atoms with E-state index in [1.54, 1.807) is 0 Å². The SMILES string of the molecule is Cc1nn(-c2ccc(S(=O)(=O)CCOS(=O)[O-])cc2)c(O)c1N=Nc1ccc(-c2ccc(N=Nc3c(C)nn(-c4ccc(S(=O)(=O)CCOSOO[O-])cc4)c3O)cc2S(=O)(=O)[O-])c(SOO[O-])c1.[Na+].[Na+].[Na+].[Na+]. The Labute approximate surface area is 515 Å². The summed E-state index contributed by atoms with van der Waals surface area (Å²) in [5.41, 5.74) is 0.194. The Hall–Kier alpha value is -1.60. The molecular formula is C36H30N8Na4O19S6. The van der Waals surface area contributed by atoms with Crippen molar-refractivity contribution in [1.82, 2.24) is 19.6 Å². The van der Waals surface area contributed by atoms with Crippen molar-refractivity contribution in [3.05, 3.63) is 96.3 Å². The molecule has 1 unspecified atom stereocenters. The van der Waals surface area contributed by atoms with E-state index < -0.39 is 75.9 Å². The number of aromatic nitrogens is 4. The summed E-state index contributed by atoms with van der Waals surface area (Å²) < 4.78 is 129. The van der Waals surface area contributed by atoms with Crippen LogP contribution >= 0.6 is 24.4 Å². The van der Waals surface area contributed by atoms with Gasteiger partial charge in [0.05, 0.1) is 96.9 Å². The Morgan fingerprint density at radius 1 is 0.644 bits per heavy atom. The molecule has 0 amide bonds. The van der Waals surface area contributed by atoms with Crippen molar-refractivity contribution in [2.75, 3.05) is 24.7 Å². The standard InChI is InChI=1S/C36H34N8O19S6.4Na/c1-21-33(35(45)43(41-21)26-7-11-28(12-8-26)68(53,54)18-16-59-66(49)50)39-37-23-3-13-29(31(19-23)64-62-60-47)30-14-4-24(20-32(30)69(55,56)57)38-40-34-22(2)42-44(36(34)46)25-5-9-27(10-6-25)67(51,52)17-15-58-65-63-61-48;;;;/h3-14,19-20,45-48H,15-18H2,1-2H3,(H,49,50)(H,55,56,57);;;;/q;4*+1/p-4. The van der Waals surface area contributed by atoms with Gasteiger partial charge in [-0.2, -0.15) is 34.1 Å². The normalized spacial score (nSPS) is 12.2. The molecule has 2 aromatic heterocycles. The van der Waals surface area contributed by atoms with Crippen molar-refractivity contribution < 1.29 is 205 Å². The van der Waals surface area contributed by atoms with E-state index in [2.05, 4.69) is 53.6 Å². The van der Waals surface area contributed by atoms with Gasteiger partial charge in [-0.3, -0.25) is 18.4 Å². The molecule has 2 N–H and O–H groups in total. The average molecular weight is 1160 g/mol. The zero-order chi connectivity index (χ0) is 50.1. The predicted octanol–water partition coefficient (Wildman–Crippen LogP) is -8.10. The summed E-state index contributed by atoms with van der Waals surface area (Å²) in [7, 11) is -13.0. The first kappa shape index (κ1) is 67.5. The third-order valence-corrected chi connectivity index (χ3v) is 14.8. The van der Waals surface area contributed by atoms with Gasteiger partial charge in [-0.05, 0) is 92.2 Å². The molecule has 0 radical (unpaired) electrons. The molecule has 73 heavy (non-hydrogen) atoms. The Morgan fingerprint density at radius 2 is 1.10 bits per heavy atom. The van der Waals surface area contributed by atoms with Crippen LogP contribution in [-0.2, 0) is 68.3 Å². The van der Waals surface area contributed by atoms with Crippen LogP contribution in [0.25, 0.3) is 22.5 Å². The van der Waals surface area contributed by atoms with Crippen LogP contribution in [0.4, 0.5) is 22.7 Å². The molecule has 0 fully saturated rings. The second kappa shape index (κ2) is 30.5. The molecule has 0 aliphatic heterocycles. The van der Waals surface area contributed by atoms with Crippen LogP contribution < -0.4 is 129 Å². The van der Waals surface area contributed by atoms with Gasteiger partial charge < -0.3 is 29.8 Å². The number of aryl methyl sites for hydroxylation is 2. The number of azo groups is 2. The van der Waals surface area contributed by atoms with E-state index in [0.29, 0.717) is 12.0 Å². The van der Waals surface area contributed by atoms with Gasteiger partial charge in [0.1, 0.15) is 10.1 Å². The van der Waals surface area contributed by atoms with Crippen molar-refractivity contribution >= 4 is 88.3 Å². The molecule has 37 heteroatoms. The van der Waals surface area contributed by atoms with Gasteiger partial charge >= 0.3 is 118 Å². The number of sulfone groups is 2. The van der Waals surface area contributed by atoms with Gasteiger partial charge in [0.15, 0.2) is 43.4 Å². The maximum atomic E-state index is 12.7. The van der Waals surface area contributed by atoms with Crippen LogP contribution in [0.5, 0.6) is 11.8 Å². The zero-order valence-electron chi connectivity index (χ0n) is 38.8. The Balaban J connectivity index is 0.00000456. The van der Waals surface area contributed by atoms with Crippen LogP contribution in [0, 0.1) is 13.8 Å². The molecule has 6 aromatic rings. The molecule has 6 rings (SSSR count). The van der Waals surface area contributed by atoms with Crippen LogP contribution in [0.2, 0.25) is 0 Å². The minimum absolute atomic E-state index is 0. The van der Waals surface area contributed by atoms with Gasteiger partial charge in [-0.1, -0.05) is 12.1 Å². The van der Waals surface area contributed by atoms with Crippen LogP contribution in [-0.4, -0.2) is 93.1 Å². The van der Waals surface area contributed by atoms with E-state index in [9.17, 15) is 59.3 Å². The predicted molar refractivity (Wildman–Crippen MR) is 231 cm³/mol. The number of nitrogens with zero attached hydrogens (tertiary/aromatic N) is 8. The quantitative estimate of drug-likeness (QED) is 0.00879. The number of rotatable bonds is 23. The molecule has 1 atom stereocenters. The third kappa shape index (κ3) is 18.0. The first-order valence-electron chi connectivity index (χ1n) is 18.7. The van der Waals surface area contributed by atoms with E-state index in [-0.39, 0.29) is 208 Å². The summed E-state index contributed by atoms with van der Waals surface area (Å²) in [6.07, 6.45) is 0. The van der Waals surface area contributed by atoms with Crippen LogP contribution in [0.3, 0.4) is 0 Å². The van der Waals surface area contributed by atoms with Gasteiger partial charge in [-0.15, -0.1) is 14.6 Å². The number of hydrogen-bond donors (Lipinski definition) is 2. The van der Waals surface area contributed by atoms with Crippen molar-refractivity contribution in [1.29, 1.82) is 0 Å². The van der Waals surface area contributed by atoms with Crippen molar-refractivity contribution in [3.8, 4) is 34.3 Å². The summed E-state index contributed by atoms with van der Waals surface area (Å²) in [5, 5.41) is 73.9. The zero-order valence-corrected chi connectivity index (χ0v) is 51.7. The molecule has 368 valence electrons. The van der Waals surface area contributed by atoms with E-state index >= 15 is 0 Å². The molecular weight excluding hydrogens is 1130 g/mol. The van der Waals surface area contributed by atoms with E-state index in [4.69, 9.17) is 4.18 Å². The Bertz CT molecular complexity index is 3260. The van der Waals surface area contributed by atoms with E-state index in [1.807, 2.05) is 0 Å². The first-order valence-corrected chi connectivity index (χ1v) is 25.8. The van der Waals surface area contributed by atoms with Crippen molar-refractivity contribution in [2.45, 2.75) is 33.4 Å². The summed E-state index contributed by atoms with van der Waals surface area (Å²) in [4.78, 5) is -1.05. The fourth-order valence-electron chi connectivity index (χ4n) is 5.99. The van der Waals surface area contributed by atoms with Gasteiger partial charge in [-0.25, -0.2) is 29.5 Å². The summed E-state index contributed by atoms with van der Waals surface area (Å²) in [6, 6.07) is 17.7. The molecule has 0 bridgehead atoms. The van der Waals surface area contributed by atoms with E-state index in [0.717, 1.165) is 15.4 Å². The number of benzene rings is 4. The first-order chi connectivity index (χ1) is 32.7. The van der Waals surface area contributed by atoms with Crippen molar-refractivity contribution in [3.63, 3.8) is 0 Å². The maximum absolute atomic E-state index is 12.7. The average Bonchev–Trinajstić information content (AvgIpc) is 3.76. The molecule has 0 saturated carbocycles. The van der Waals surface area contributed by atoms with Crippen LogP contribution in [0.15, 0.2) is 125 Å². The molecule has 27 nitrogen and oxygen atoms in total. The topological polar surface area (TPSA) is 393 Å². The molecule has 0 aliphatic rings. The molecule has 4 aromatic carbocycles. The molecule has 2 heterocycles. The summed E-state index contributed by atoms with van der Waals surface area (Å²) >= 11 is -2.40.